The summed E-state index contributed by atoms with van der Waals surface area (Å²) in [4.78, 5) is 11.3. The molecule has 1 saturated heterocycles. The summed E-state index contributed by atoms with van der Waals surface area (Å²) < 4.78 is 38.1. The lowest BCUT2D eigenvalue weighted by molar-refractivity contribution is -0.141. The Morgan fingerprint density at radius 2 is 1.50 bits per heavy atom. The maximum Gasteiger partial charge on any atom is 0.433 e. The van der Waals surface area contributed by atoms with E-state index in [1.807, 2.05) is 35.2 Å². The van der Waals surface area contributed by atoms with Gasteiger partial charge in [-0.1, -0.05) is 18.2 Å². The van der Waals surface area contributed by atoms with Gasteiger partial charge < -0.3 is 9.80 Å². The van der Waals surface area contributed by atoms with Gasteiger partial charge in [-0.3, -0.25) is 0 Å². The quantitative estimate of drug-likeness (QED) is 0.854. The van der Waals surface area contributed by atoms with E-state index < -0.39 is 11.9 Å². The van der Waals surface area contributed by atoms with E-state index in [9.17, 15) is 13.2 Å². The van der Waals surface area contributed by atoms with Gasteiger partial charge in [0.2, 0.25) is 0 Å². The van der Waals surface area contributed by atoms with Gasteiger partial charge in [0.1, 0.15) is 17.8 Å². The summed E-state index contributed by atoms with van der Waals surface area (Å²) in [7, 11) is 0. The number of aromatic nitrogens is 2. The van der Waals surface area contributed by atoms with Gasteiger partial charge in [0, 0.05) is 37.9 Å². The van der Waals surface area contributed by atoms with Gasteiger partial charge in [0.25, 0.3) is 0 Å². The number of alkyl halides is 3. The van der Waals surface area contributed by atoms with Crippen LogP contribution >= 0.6 is 0 Å². The van der Waals surface area contributed by atoms with Crippen LogP contribution in [0.25, 0.3) is 0 Å². The summed E-state index contributed by atoms with van der Waals surface area (Å²) in [6.45, 7) is 2.75. The number of halogens is 3. The number of hydrogen-bond donors (Lipinski definition) is 0. The highest BCUT2D eigenvalue weighted by Gasteiger charge is 2.33. The Bertz CT molecular complexity index is 622. The van der Waals surface area contributed by atoms with Crippen molar-refractivity contribution in [1.82, 2.24) is 9.97 Å². The molecule has 0 atom stereocenters. The number of hydrogen-bond acceptors (Lipinski definition) is 4. The summed E-state index contributed by atoms with van der Waals surface area (Å²) in [5.41, 5.74) is 0.226. The zero-order chi connectivity index (χ0) is 15.6. The highest BCUT2D eigenvalue weighted by atomic mass is 19.4. The second-order valence-electron chi connectivity index (χ2n) is 5.07. The molecule has 0 aliphatic carbocycles. The Labute approximate surface area is 126 Å². The predicted octanol–water partition coefficient (Wildman–Crippen LogP) is 2.82. The molecule has 0 amide bonds. The van der Waals surface area contributed by atoms with Gasteiger partial charge in [0.15, 0.2) is 0 Å². The molecule has 1 aliphatic heterocycles. The second-order valence-corrected chi connectivity index (χ2v) is 5.07. The lowest BCUT2D eigenvalue weighted by Gasteiger charge is -2.36. The number of para-hydroxylation sites is 1. The number of nitrogens with zero attached hydrogens (tertiary/aromatic N) is 4. The topological polar surface area (TPSA) is 32.3 Å². The third-order valence-electron chi connectivity index (χ3n) is 3.67. The minimum atomic E-state index is -4.44. The van der Waals surface area contributed by atoms with Crippen molar-refractivity contribution >= 4 is 11.5 Å². The maximum atomic E-state index is 12.7. The monoisotopic (exact) mass is 308 g/mol. The highest BCUT2D eigenvalue weighted by molar-refractivity contribution is 5.49. The molecule has 1 aliphatic rings. The van der Waals surface area contributed by atoms with Crippen LogP contribution in [0.1, 0.15) is 5.69 Å². The molecule has 2 aromatic rings. The van der Waals surface area contributed by atoms with Crippen LogP contribution in [0.15, 0.2) is 42.7 Å². The molecule has 0 N–H and O–H groups in total. The first kappa shape index (κ1) is 14.6. The van der Waals surface area contributed by atoms with Crippen molar-refractivity contribution in [2.24, 2.45) is 0 Å². The number of benzene rings is 1. The third kappa shape index (κ3) is 3.13. The third-order valence-corrected chi connectivity index (χ3v) is 3.67. The highest BCUT2D eigenvalue weighted by Crippen LogP contribution is 2.29. The first-order valence-corrected chi connectivity index (χ1v) is 6.98. The van der Waals surface area contributed by atoms with Crippen LogP contribution in [0.5, 0.6) is 0 Å². The second kappa shape index (κ2) is 5.82. The number of piperazine rings is 1. The Kier molecular flexibility index (Phi) is 3.87. The van der Waals surface area contributed by atoms with Crippen molar-refractivity contribution in [3.8, 4) is 0 Å². The molecule has 0 bridgehead atoms. The molecule has 22 heavy (non-hydrogen) atoms. The fourth-order valence-corrected chi connectivity index (χ4v) is 2.51. The lowest BCUT2D eigenvalue weighted by atomic mass is 10.2. The molecule has 0 radical (unpaired) electrons. The maximum absolute atomic E-state index is 12.7. The lowest BCUT2D eigenvalue weighted by Crippen LogP contribution is -2.46. The van der Waals surface area contributed by atoms with Crippen LogP contribution in [0.3, 0.4) is 0 Å². The molecule has 1 aromatic heterocycles. The SMILES string of the molecule is FC(F)(F)c1cc(N2CCN(c3ccccc3)CC2)ncn1. The van der Waals surface area contributed by atoms with Crippen LogP contribution in [-0.2, 0) is 6.18 Å². The van der Waals surface area contributed by atoms with E-state index in [0.29, 0.717) is 18.9 Å². The van der Waals surface area contributed by atoms with Gasteiger partial charge in [-0.2, -0.15) is 13.2 Å². The van der Waals surface area contributed by atoms with Crippen molar-refractivity contribution in [3.63, 3.8) is 0 Å². The molecular formula is C15H15F3N4. The summed E-state index contributed by atoms with van der Waals surface area (Å²) in [5.74, 6) is 0.329. The predicted molar refractivity (Wildman–Crippen MR) is 77.9 cm³/mol. The molecule has 1 fully saturated rings. The smallest absolute Gasteiger partial charge is 0.368 e. The Balaban J connectivity index is 1.69. The molecule has 3 rings (SSSR count). The minimum absolute atomic E-state index is 0.329. The largest absolute Gasteiger partial charge is 0.433 e. The molecule has 2 heterocycles. The van der Waals surface area contributed by atoms with Gasteiger partial charge in [-0.05, 0) is 12.1 Å². The van der Waals surface area contributed by atoms with E-state index in [2.05, 4.69) is 14.9 Å². The first-order chi connectivity index (χ1) is 10.5. The average Bonchev–Trinajstić information content (AvgIpc) is 2.55. The standard InChI is InChI=1S/C15H15F3N4/c16-15(17,18)13-10-14(20-11-19-13)22-8-6-21(7-9-22)12-4-2-1-3-5-12/h1-5,10-11H,6-9H2. The number of anilines is 2. The van der Waals surface area contributed by atoms with Crippen LogP contribution in [0, 0.1) is 0 Å². The zero-order valence-electron chi connectivity index (χ0n) is 11.8. The van der Waals surface area contributed by atoms with Gasteiger partial charge >= 0.3 is 6.18 Å². The van der Waals surface area contributed by atoms with Crippen LogP contribution in [-0.4, -0.2) is 36.1 Å². The molecule has 7 heteroatoms. The number of rotatable bonds is 2. The molecule has 0 spiro atoms. The van der Waals surface area contributed by atoms with E-state index >= 15 is 0 Å². The molecule has 1 aromatic carbocycles. The fourth-order valence-electron chi connectivity index (χ4n) is 2.51. The van der Waals surface area contributed by atoms with Crippen LogP contribution in [0.2, 0.25) is 0 Å². The summed E-state index contributed by atoms with van der Waals surface area (Å²) in [6.07, 6.45) is -3.47. The van der Waals surface area contributed by atoms with Crippen molar-refractivity contribution in [1.29, 1.82) is 0 Å². The van der Waals surface area contributed by atoms with E-state index in [1.165, 1.54) is 0 Å². The van der Waals surface area contributed by atoms with Gasteiger partial charge in [-0.25, -0.2) is 9.97 Å². The van der Waals surface area contributed by atoms with Crippen molar-refractivity contribution in [2.45, 2.75) is 6.18 Å². The summed E-state index contributed by atoms with van der Waals surface area (Å²) >= 11 is 0. The molecule has 0 unspecified atom stereocenters. The zero-order valence-corrected chi connectivity index (χ0v) is 11.8. The van der Waals surface area contributed by atoms with Gasteiger partial charge in [-0.15, -0.1) is 0 Å². The molecule has 4 nitrogen and oxygen atoms in total. The average molecular weight is 308 g/mol. The van der Waals surface area contributed by atoms with E-state index in [1.54, 1.807) is 0 Å². The van der Waals surface area contributed by atoms with Crippen molar-refractivity contribution in [3.05, 3.63) is 48.4 Å². The normalized spacial score (nSPS) is 16.0. The van der Waals surface area contributed by atoms with E-state index in [4.69, 9.17) is 0 Å². The molecule has 0 saturated carbocycles. The molecule has 116 valence electrons. The van der Waals surface area contributed by atoms with Crippen LogP contribution in [0.4, 0.5) is 24.7 Å². The summed E-state index contributed by atoms with van der Waals surface area (Å²) in [5, 5.41) is 0. The van der Waals surface area contributed by atoms with E-state index in [-0.39, 0.29) is 0 Å². The minimum Gasteiger partial charge on any atom is -0.368 e. The Morgan fingerprint density at radius 3 is 2.14 bits per heavy atom. The Hall–Kier alpha value is -2.31. The fraction of sp³-hybridized carbons (Fsp3) is 0.333. The van der Waals surface area contributed by atoms with Crippen LogP contribution < -0.4 is 9.80 Å². The summed E-state index contributed by atoms with van der Waals surface area (Å²) in [6, 6.07) is 11.0. The van der Waals surface area contributed by atoms with Gasteiger partial charge in [0.05, 0.1) is 0 Å². The molecular weight excluding hydrogens is 293 g/mol. The van der Waals surface area contributed by atoms with E-state index in [0.717, 1.165) is 31.2 Å². The Morgan fingerprint density at radius 1 is 0.864 bits per heavy atom. The first-order valence-electron chi connectivity index (χ1n) is 6.98. The van der Waals surface area contributed by atoms with Crippen molar-refractivity contribution < 1.29 is 13.2 Å². The van der Waals surface area contributed by atoms with Crippen molar-refractivity contribution in [2.75, 3.05) is 36.0 Å².